The maximum atomic E-state index is 14.3. The first-order valence-corrected chi connectivity index (χ1v) is 9.71. The first kappa shape index (κ1) is 20.9. The van der Waals surface area contributed by atoms with Crippen LogP contribution in [0.2, 0.25) is 0 Å². The predicted molar refractivity (Wildman–Crippen MR) is 101 cm³/mol. The molecule has 2 aromatic rings. The molecule has 1 N–H and O–H groups in total. The van der Waals surface area contributed by atoms with E-state index in [9.17, 15) is 22.8 Å². The van der Waals surface area contributed by atoms with Crippen molar-refractivity contribution in [2.24, 2.45) is 0 Å². The van der Waals surface area contributed by atoms with Crippen molar-refractivity contribution in [1.29, 1.82) is 0 Å². The summed E-state index contributed by atoms with van der Waals surface area (Å²) in [6, 6.07) is 7.18. The van der Waals surface area contributed by atoms with Gasteiger partial charge in [0.25, 0.3) is 11.8 Å². The number of thioether (sulfide) groups is 1. The summed E-state index contributed by atoms with van der Waals surface area (Å²) < 4.78 is 46.6. The van der Waals surface area contributed by atoms with Crippen LogP contribution in [-0.4, -0.2) is 35.1 Å². The largest absolute Gasteiger partial charge is 0.488 e. The van der Waals surface area contributed by atoms with Crippen LogP contribution >= 0.6 is 11.8 Å². The van der Waals surface area contributed by atoms with Crippen LogP contribution < -0.4 is 5.32 Å². The Morgan fingerprint density at radius 1 is 1.24 bits per heavy atom. The number of hydrogen-bond donors (Lipinski definition) is 1. The standard InChI is InChI=1S/C20H17F3N2O3S/c21-14-5-3-13(4-6-14)20(22,23)8-11-29-19-15(2-1-9-24-19)18(27)25-12-17-16(26)7-10-28-17/h1-7,9-10,17H,8,11-12H2,(H,25,27). The summed E-state index contributed by atoms with van der Waals surface area (Å²) in [5, 5.41) is 2.89. The van der Waals surface area contributed by atoms with Crippen molar-refractivity contribution in [2.75, 3.05) is 12.3 Å². The van der Waals surface area contributed by atoms with E-state index in [4.69, 9.17) is 4.74 Å². The number of alkyl halides is 2. The Morgan fingerprint density at radius 3 is 2.69 bits per heavy atom. The molecule has 1 aromatic heterocycles. The van der Waals surface area contributed by atoms with Gasteiger partial charge in [0, 0.05) is 30.0 Å². The number of aromatic nitrogens is 1. The van der Waals surface area contributed by atoms with Crippen molar-refractivity contribution in [2.45, 2.75) is 23.5 Å². The van der Waals surface area contributed by atoms with Gasteiger partial charge in [-0.05, 0) is 24.3 Å². The highest BCUT2D eigenvalue weighted by Gasteiger charge is 2.31. The fourth-order valence-corrected chi connectivity index (χ4v) is 3.60. The molecule has 0 fully saturated rings. The summed E-state index contributed by atoms with van der Waals surface area (Å²) in [6.45, 7) is -0.00763. The van der Waals surface area contributed by atoms with E-state index in [1.165, 1.54) is 24.6 Å². The predicted octanol–water partition coefficient (Wildman–Crippen LogP) is 3.71. The number of pyridine rings is 1. The van der Waals surface area contributed by atoms with Crippen molar-refractivity contribution in [3.63, 3.8) is 0 Å². The molecule has 2 heterocycles. The third-order valence-electron chi connectivity index (χ3n) is 4.18. The van der Waals surface area contributed by atoms with E-state index >= 15 is 0 Å². The van der Waals surface area contributed by atoms with Gasteiger partial charge >= 0.3 is 0 Å². The first-order chi connectivity index (χ1) is 13.9. The SMILES string of the molecule is O=C(NCC1OC=CC1=O)c1cccnc1SCCC(F)(F)c1ccc(F)cc1. The smallest absolute Gasteiger partial charge is 0.274 e. The fraction of sp³-hybridized carbons (Fsp3) is 0.250. The molecule has 0 radical (unpaired) electrons. The van der Waals surface area contributed by atoms with Gasteiger partial charge < -0.3 is 10.1 Å². The molecule has 1 unspecified atom stereocenters. The Labute approximate surface area is 169 Å². The van der Waals surface area contributed by atoms with E-state index in [1.807, 2.05) is 0 Å². The van der Waals surface area contributed by atoms with Crippen LogP contribution in [0.25, 0.3) is 0 Å². The molecule has 0 spiro atoms. The first-order valence-electron chi connectivity index (χ1n) is 8.72. The molecule has 1 atom stereocenters. The zero-order chi connectivity index (χ0) is 20.9. The highest BCUT2D eigenvalue weighted by molar-refractivity contribution is 7.99. The number of ether oxygens (including phenoxy) is 1. The number of rotatable bonds is 8. The molecule has 1 amide bonds. The van der Waals surface area contributed by atoms with E-state index in [1.54, 1.807) is 6.07 Å². The molecule has 1 aliphatic rings. The minimum absolute atomic E-state index is 0.00415. The molecule has 29 heavy (non-hydrogen) atoms. The average molecular weight is 422 g/mol. The number of nitrogens with zero attached hydrogens (tertiary/aromatic N) is 1. The second-order valence-corrected chi connectivity index (χ2v) is 7.29. The molecular weight excluding hydrogens is 405 g/mol. The minimum atomic E-state index is -3.13. The molecule has 1 aromatic carbocycles. The number of carbonyl (C=O) groups is 2. The molecule has 0 saturated carbocycles. The Kier molecular flexibility index (Phi) is 6.58. The number of nitrogens with one attached hydrogen (secondary N) is 1. The third kappa shape index (κ3) is 5.38. The van der Waals surface area contributed by atoms with E-state index in [-0.39, 0.29) is 29.2 Å². The van der Waals surface area contributed by atoms with Crippen LogP contribution in [0.3, 0.4) is 0 Å². The topological polar surface area (TPSA) is 68.3 Å². The Bertz CT molecular complexity index is 919. The van der Waals surface area contributed by atoms with Crippen molar-refractivity contribution in [3.05, 3.63) is 71.9 Å². The zero-order valence-electron chi connectivity index (χ0n) is 15.1. The van der Waals surface area contributed by atoms with Gasteiger partial charge in [-0.1, -0.05) is 12.1 Å². The van der Waals surface area contributed by atoms with Gasteiger partial charge in [-0.2, -0.15) is 0 Å². The van der Waals surface area contributed by atoms with Crippen molar-refractivity contribution in [3.8, 4) is 0 Å². The number of benzene rings is 1. The average Bonchev–Trinajstić information content (AvgIpc) is 3.11. The highest BCUT2D eigenvalue weighted by Crippen LogP contribution is 2.34. The zero-order valence-corrected chi connectivity index (χ0v) is 15.9. The van der Waals surface area contributed by atoms with Gasteiger partial charge in [0.2, 0.25) is 5.78 Å². The van der Waals surface area contributed by atoms with E-state index in [2.05, 4.69) is 10.3 Å². The minimum Gasteiger partial charge on any atom is -0.488 e. The van der Waals surface area contributed by atoms with Crippen LogP contribution in [-0.2, 0) is 15.5 Å². The second kappa shape index (κ2) is 9.13. The van der Waals surface area contributed by atoms with Crippen LogP contribution in [0.5, 0.6) is 0 Å². The summed E-state index contributed by atoms with van der Waals surface area (Å²) >= 11 is 1.02. The van der Waals surface area contributed by atoms with Crippen molar-refractivity contribution < 1.29 is 27.5 Å². The van der Waals surface area contributed by atoms with Crippen molar-refractivity contribution in [1.82, 2.24) is 10.3 Å². The maximum absolute atomic E-state index is 14.3. The summed E-state index contributed by atoms with van der Waals surface area (Å²) in [5.74, 6) is -4.44. The second-order valence-electron chi connectivity index (χ2n) is 6.21. The Morgan fingerprint density at radius 2 is 2.00 bits per heavy atom. The van der Waals surface area contributed by atoms with Crippen molar-refractivity contribution >= 4 is 23.5 Å². The molecule has 3 rings (SSSR count). The summed E-state index contributed by atoms with van der Waals surface area (Å²) in [4.78, 5) is 28.0. The molecule has 152 valence electrons. The number of ketones is 1. The third-order valence-corrected chi connectivity index (χ3v) is 5.18. The van der Waals surface area contributed by atoms with Gasteiger partial charge in [-0.25, -0.2) is 18.2 Å². The molecule has 9 heteroatoms. The number of hydrogen-bond acceptors (Lipinski definition) is 5. The Balaban J connectivity index is 1.58. The highest BCUT2D eigenvalue weighted by atomic mass is 32.2. The van der Waals surface area contributed by atoms with Crippen LogP contribution in [0.1, 0.15) is 22.3 Å². The monoisotopic (exact) mass is 422 g/mol. The normalized spacial score (nSPS) is 16.0. The fourth-order valence-electron chi connectivity index (χ4n) is 2.60. The summed E-state index contributed by atoms with van der Waals surface area (Å²) in [7, 11) is 0. The quantitative estimate of drug-likeness (QED) is 0.657. The van der Waals surface area contributed by atoms with E-state index in [0.717, 1.165) is 36.0 Å². The molecule has 1 aliphatic heterocycles. The van der Waals surface area contributed by atoms with Crippen LogP contribution in [0.4, 0.5) is 13.2 Å². The molecular formula is C20H17F3N2O3S. The lowest BCUT2D eigenvalue weighted by Crippen LogP contribution is -2.35. The van der Waals surface area contributed by atoms with E-state index in [0.29, 0.717) is 5.03 Å². The summed E-state index contributed by atoms with van der Waals surface area (Å²) in [6.07, 6.45) is 2.75. The van der Waals surface area contributed by atoms with Gasteiger partial charge in [0.1, 0.15) is 10.8 Å². The maximum Gasteiger partial charge on any atom is 0.274 e. The molecule has 5 nitrogen and oxygen atoms in total. The number of halogens is 3. The Hall–Kier alpha value is -2.81. The van der Waals surface area contributed by atoms with E-state index < -0.39 is 30.2 Å². The molecule has 0 aliphatic carbocycles. The lowest BCUT2D eigenvalue weighted by atomic mass is 10.1. The molecule has 0 saturated heterocycles. The van der Waals surface area contributed by atoms with Crippen LogP contribution in [0.15, 0.2) is 60.0 Å². The lowest BCUT2D eigenvalue weighted by Gasteiger charge is -2.17. The van der Waals surface area contributed by atoms with Gasteiger partial charge in [0.15, 0.2) is 6.10 Å². The lowest BCUT2D eigenvalue weighted by molar-refractivity contribution is -0.120. The molecule has 0 bridgehead atoms. The van der Waals surface area contributed by atoms with Crippen LogP contribution in [0, 0.1) is 5.82 Å². The van der Waals surface area contributed by atoms with Gasteiger partial charge in [0.05, 0.1) is 18.4 Å². The van der Waals surface area contributed by atoms with Gasteiger partial charge in [-0.3, -0.25) is 9.59 Å². The summed E-state index contributed by atoms with van der Waals surface area (Å²) in [5.41, 5.74) is -0.0469. The van der Waals surface area contributed by atoms with Gasteiger partial charge in [-0.15, -0.1) is 11.8 Å². The number of amides is 1. The number of carbonyl (C=O) groups excluding carboxylic acids is 2.